The third-order valence-corrected chi connectivity index (χ3v) is 4.04. The van der Waals surface area contributed by atoms with E-state index in [-0.39, 0.29) is 5.56 Å². The molecule has 6 nitrogen and oxygen atoms in total. The Balaban J connectivity index is 1.82. The summed E-state index contributed by atoms with van der Waals surface area (Å²) < 4.78 is 10.8. The molecular weight excluding hydrogens is 344 g/mol. The minimum atomic E-state index is -0.512. The van der Waals surface area contributed by atoms with Gasteiger partial charge in [0.1, 0.15) is 17.1 Å². The average Bonchev–Trinajstić information content (AvgIpc) is 2.94. The van der Waals surface area contributed by atoms with E-state index in [1.165, 1.54) is 7.11 Å². The number of hydrogen-bond donors (Lipinski definition) is 2. The topological polar surface area (TPSA) is 80.6 Å². The molecule has 3 rings (SSSR count). The van der Waals surface area contributed by atoms with Gasteiger partial charge in [-0.2, -0.15) is 0 Å². The summed E-state index contributed by atoms with van der Waals surface area (Å²) in [5.41, 5.74) is 5.88. The molecule has 0 saturated carbocycles. The number of carbonyl (C=O) groups is 2. The molecule has 2 aromatic carbocycles. The summed E-state index contributed by atoms with van der Waals surface area (Å²) >= 11 is 5.97. The molecule has 0 fully saturated rings. The minimum Gasteiger partial charge on any atom is -0.497 e. The molecule has 0 spiro atoms. The van der Waals surface area contributed by atoms with Gasteiger partial charge in [0.2, 0.25) is 0 Å². The number of hydrogen-bond acceptors (Lipinski definition) is 4. The standard InChI is InChI=1S/C18H15ClN2O4/c1-10-16(13-9-11(24-2)7-8-15(13)25-10)18(23)21-20-17(22)12-5-3-4-6-14(12)19/h3-9H,1-2H3,(H,20,22)(H,21,23). The highest BCUT2D eigenvalue weighted by molar-refractivity contribution is 6.33. The van der Waals surface area contributed by atoms with Crippen LogP contribution in [0.4, 0.5) is 0 Å². The number of fused-ring (bicyclic) bond motifs is 1. The van der Waals surface area contributed by atoms with Gasteiger partial charge >= 0.3 is 0 Å². The van der Waals surface area contributed by atoms with Crippen LogP contribution in [0.5, 0.6) is 5.75 Å². The lowest BCUT2D eigenvalue weighted by atomic mass is 10.1. The largest absolute Gasteiger partial charge is 0.497 e. The van der Waals surface area contributed by atoms with Gasteiger partial charge in [-0.3, -0.25) is 20.4 Å². The predicted octanol–water partition coefficient (Wildman–Crippen LogP) is 3.48. The third-order valence-electron chi connectivity index (χ3n) is 3.71. The molecule has 2 amide bonds. The Bertz CT molecular complexity index is 965. The van der Waals surface area contributed by atoms with Crippen molar-refractivity contribution in [3.8, 4) is 5.75 Å². The Morgan fingerprint density at radius 3 is 2.52 bits per heavy atom. The number of carbonyl (C=O) groups excluding carboxylic acids is 2. The molecule has 3 aromatic rings. The zero-order valence-electron chi connectivity index (χ0n) is 13.6. The molecule has 0 bridgehead atoms. The highest BCUT2D eigenvalue weighted by Gasteiger charge is 2.20. The zero-order valence-corrected chi connectivity index (χ0v) is 14.3. The number of benzene rings is 2. The molecular formula is C18H15ClN2O4. The number of halogens is 1. The van der Waals surface area contributed by atoms with Gasteiger partial charge in [-0.05, 0) is 37.3 Å². The highest BCUT2D eigenvalue weighted by Crippen LogP contribution is 2.28. The number of rotatable bonds is 3. The van der Waals surface area contributed by atoms with Crippen molar-refractivity contribution in [2.75, 3.05) is 7.11 Å². The Labute approximate surface area is 148 Å². The third kappa shape index (κ3) is 3.29. The first-order valence-corrected chi connectivity index (χ1v) is 7.81. The number of nitrogens with one attached hydrogen (secondary N) is 2. The Morgan fingerprint density at radius 2 is 1.80 bits per heavy atom. The Kier molecular flexibility index (Phi) is 4.63. The van der Waals surface area contributed by atoms with Crippen LogP contribution in [0.15, 0.2) is 46.9 Å². The molecule has 0 saturated heterocycles. The van der Waals surface area contributed by atoms with E-state index in [2.05, 4.69) is 10.9 Å². The lowest BCUT2D eigenvalue weighted by molar-refractivity contribution is 0.0846. The predicted molar refractivity (Wildman–Crippen MR) is 93.9 cm³/mol. The SMILES string of the molecule is COc1ccc2oc(C)c(C(=O)NNC(=O)c3ccccc3Cl)c2c1. The molecule has 0 aliphatic heterocycles. The van der Waals surface area contributed by atoms with Gasteiger partial charge < -0.3 is 9.15 Å². The molecule has 0 aliphatic rings. The number of amides is 2. The second-order valence-corrected chi connectivity index (χ2v) is 5.69. The maximum absolute atomic E-state index is 12.5. The molecule has 0 radical (unpaired) electrons. The van der Waals surface area contributed by atoms with Crippen LogP contribution in [-0.2, 0) is 0 Å². The average molecular weight is 359 g/mol. The van der Waals surface area contributed by atoms with Crippen molar-refractivity contribution in [2.45, 2.75) is 6.92 Å². The molecule has 1 heterocycles. The number of aryl methyl sites for hydroxylation is 1. The van der Waals surface area contributed by atoms with Crippen LogP contribution in [-0.4, -0.2) is 18.9 Å². The van der Waals surface area contributed by atoms with Crippen molar-refractivity contribution in [3.63, 3.8) is 0 Å². The van der Waals surface area contributed by atoms with E-state index in [4.69, 9.17) is 20.8 Å². The summed E-state index contributed by atoms with van der Waals surface area (Å²) in [5, 5.41) is 0.894. The van der Waals surface area contributed by atoms with Gasteiger partial charge in [0.05, 0.1) is 23.3 Å². The smallest absolute Gasteiger partial charge is 0.273 e. The van der Waals surface area contributed by atoms with Crippen LogP contribution in [0.1, 0.15) is 26.5 Å². The fourth-order valence-corrected chi connectivity index (χ4v) is 2.72. The van der Waals surface area contributed by atoms with E-state index in [0.717, 1.165) is 0 Å². The van der Waals surface area contributed by atoms with Gasteiger partial charge in [-0.25, -0.2) is 0 Å². The number of furan rings is 1. The Hall–Kier alpha value is -2.99. The van der Waals surface area contributed by atoms with Gasteiger partial charge in [-0.15, -0.1) is 0 Å². The minimum absolute atomic E-state index is 0.264. The molecule has 128 valence electrons. The van der Waals surface area contributed by atoms with E-state index < -0.39 is 11.8 Å². The number of methoxy groups -OCH3 is 1. The number of hydrazine groups is 1. The molecule has 0 unspecified atom stereocenters. The van der Waals surface area contributed by atoms with Crippen LogP contribution in [0.25, 0.3) is 11.0 Å². The second kappa shape index (κ2) is 6.86. The fraction of sp³-hybridized carbons (Fsp3) is 0.111. The van der Waals surface area contributed by atoms with E-state index in [1.807, 2.05) is 0 Å². The summed E-state index contributed by atoms with van der Waals surface area (Å²) in [5.74, 6) is 0.0297. The monoisotopic (exact) mass is 358 g/mol. The first-order chi connectivity index (χ1) is 12.0. The van der Waals surface area contributed by atoms with Crippen molar-refractivity contribution in [2.24, 2.45) is 0 Å². The first-order valence-electron chi connectivity index (χ1n) is 7.43. The van der Waals surface area contributed by atoms with Crippen LogP contribution in [0, 0.1) is 6.92 Å². The van der Waals surface area contributed by atoms with Crippen LogP contribution in [0.3, 0.4) is 0 Å². The lowest BCUT2D eigenvalue weighted by Crippen LogP contribution is -2.41. The second-order valence-electron chi connectivity index (χ2n) is 5.28. The van der Waals surface area contributed by atoms with E-state index in [0.29, 0.717) is 33.1 Å². The van der Waals surface area contributed by atoms with Crippen molar-refractivity contribution in [1.29, 1.82) is 0 Å². The molecule has 0 aliphatic carbocycles. The molecule has 7 heteroatoms. The molecule has 0 atom stereocenters. The molecule has 2 N–H and O–H groups in total. The van der Waals surface area contributed by atoms with Crippen LogP contribution in [0.2, 0.25) is 5.02 Å². The zero-order chi connectivity index (χ0) is 18.0. The Morgan fingerprint density at radius 1 is 1.08 bits per heavy atom. The summed E-state index contributed by atoms with van der Waals surface area (Å²) in [6.45, 7) is 1.68. The van der Waals surface area contributed by atoms with E-state index in [1.54, 1.807) is 49.4 Å². The first kappa shape index (κ1) is 16.9. The summed E-state index contributed by atoms with van der Waals surface area (Å²) in [6, 6.07) is 11.7. The lowest BCUT2D eigenvalue weighted by Gasteiger charge is -2.08. The summed E-state index contributed by atoms with van der Waals surface area (Å²) in [7, 11) is 1.54. The fourth-order valence-electron chi connectivity index (χ4n) is 2.50. The van der Waals surface area contributed by atoms with E-state index >= 15 is 0 Å². The summed E-state index contributed by atoms with van der Waals surface area (Å²) in [6.07, 6.45) is 0. The van der Waals surface area contributed by atoms with Gasteiger partial charge in [0.25, 0.3) is 11.8 Å². The van der Waals surface area contributed by atoms with Crippen molar-refractivity contribution in [1.82, 2.24) is 10.9 Å². The van der Waals surface area contributed by atoms with E-state index in [9.17, 15) is 9.59 Å². The van der Waals surface area contributed by atoms with Gasteiger partial charge in [0.15, 0.2) is 0 Å². The molecule has 1 aromatic heterocycles. The van der Waals surface area contributed by atoms with Gasteiger partial charge in [-0.1, -0.05) is 23.7 Å². The number of ether oxygens (including phenoxy) is 1. The summed E-state index contributed by atoms with van der Waals surface area (Å²) in [4.78, 5) is 24.6. The highest BCUT2D eigenvalue weighted by atomic mass is 35.5. The van der Waals surface area contributed by atoms with Crippen molar-refractivity contribution < 1.29 is 18.7 Å². The maximum atomic E-state index is 12.5. The normalized spacial score (nSPS) is 10.5. The van der Waals surface area contributed by atoms with Gasteiger partial charge in [0, 0.05) is 5.39 Å². The van der Waals surface area contributed by atoms with Crippen molar-refractivity contribution in [3.05, 3.63) is 64.4 Å². The molecule has 25 heavy (non-hydrogen) atoms. The quantitative estimate of drug-likeness (QED) is 0.702. The van der Waals surface area contributed by atoms with Crippen LogP contribution < -0.4 is 15.6 Å². The van der Waals surface area contributed by atoms with Crippen LogP contribution >= 0.6 is 11.6 Å². The maximum Gasteiger partial charge on any atom is 0.273 e. The van der Waals surface area contributed by atoms with Crippen molar-refractivity contribution >= 4 is 34.4 Å².